The summed E-state index contributed by atoms with van der Waals surface area (Å²) in [6, 6.07) is 1.90. The molecule has 0 atom stereocenters. The lowest BCUT2D eigenvalue weighted by Gasteiger charge is -2.14. The molecule has 0 fully saturated rings. The van der Waals surface area contributed by atoms with Gasteiger partial charge in [-0.15, -0.1) is 6.58 Å². The highest BCUT2D eigenvalue weighted by Gasteiger charge is 2.05. The number of aryl methyl sites for hydroxylation is 1. The van der Waals surface area contributed by atoms with E-state index in [2.05, 4.69) is 27.3 Å². The van der Waals surface area contributed by atoms with Crippen molar-refractivity contribution in [2.24, 2.45) is 12.0 Å². The average molecular weight is 278 g/mol. The van der Waals surface area contributed by atoms with Crippen LogP contribution in [0.4, 0.5) is 0 Å². The summed E-state index contributed by atoms with van der Waals surface area (Å²) < 4.78 is 1.76. The van der Waals surface area contributed by atoms with Gasteiger partial charge >= 0.3 is 0 Å². The Bertz CT molecular complexity index is 477. The number of carbonyl (C=O) groups excluding carboxylic acids is 1. The fraction of sp³-hybridized carbons (Fsp3) is 0.462. The van der Waals surface area contributed by atoms with Gasteiger partial charge in [0, 0.05) is 33.9 Å². The van der Waals surface area contributed by atoms with Crippen LogP contribution >= 0.6 is 0 Å². The van der Waals surface area contributed by atoms with E-state index < -0.39 is 0 Å². The summed E-state index contributed by atoms with van der Waals surface area (Å²) in [5.41, 5.74) is 0.989. The molecule has 1 rings (SSSR count). The van der Waals surface area contributed by atoms with Gasteiger partial charge in [-0.3, -0.25) is 9.48 Å². The topological polar surface area (TPSA) is 74.5 Å². The van der Waals surface area contributed by atoms with Crippen molar-refractivity contribution in [3.63, 3.8) is 0 Å². The van der Waals surface area contributed by atoms with Crippen LogP contribution in [0.15, 0.2) is 29.9 Å². The Hall–Kier alpha value is -2.31. The van der Waals surface area contributed by atoms with Crippen molar-refractivity contribution in [2.75, 3.05) is 27.2 Å². The van der Waals surface area contributed by atoms with Gasteiger partial charge in [0.25, 0.3) is 0 Å². The Morgan fingerprint density at radius 1 is 1.55 bits per heavy atom. The molecule has 0 spiro atoms. The van der Waals surface area contributed by atoms with Gasteiger partial charge in [-0.25, -0.2) is 4.99 Å². The molecule has 0 aliphatic carbocycles. The predicted molar refractivity (Wildman–Crippen MR) is 79.2 cm³/mol. The van der Waals surface area contributed by atoms with Crippen LogP contribution in [0.25, 0.3) is 0 Å². The van der Waals surface area contributed by atoms with Crippen LogP contribution in [0.1, 0.15) is 5.69 Å². The van der Waals surface area contributed by atoms with Crippen LogP contribution in [0, 0.1) is 0 Å². The van der Waals surface area contributed by atoms with E-state index in [1.165, 1.54) is 4.90 Å². The number of likely N-dealkylation sites (N-methyl/N-ethyl adjacent to an activating group) is 1. The lowest BCUT2D eigenvalue weighted by molar-refractivity contribution is -0.127. The zero-order valence-corrected chi connectivity index (χ0v) is 12.3. The van der Waals surface area contributed by atoms with Crippen molar-refractivity contribution in [3.05, 3.63) is 30.6 Å². The summed E-state index contributed by atoms with van der Waals surface area (Å²) in [4.78, 5) is 17.5. The zero-order valence-electron chi connectivity index (χ0n) is 12.3. The van der Waals surface area contributed by atoms with Gasteiger partial charge in [-0.1, -0.05) is 6.08 Å². The van der Waals surface area contributed by atoms with Crippen LogP contribution in [-0.4, -0.2) is 53.7 Å². The zero-order chi connectivity index (χ0) is 15.0. The summed E-state index contributed by atoms with van der Waals surface area (Å²) in [6.45, 7) is 4.90. The molecule has 0 aromatic carbocycles. The fourth-order valence-corrected chi connectivity index (χ4v) is 1.38. The van der Waals surface area contributed by atoms with Crippen LogP contribution in [0.3, 0.4) is 0 Å². The highest BCUT2D eigenvalue weighted by molar-refractivity contribution is 5.86. The van der Waals surface area contributed by atoms with E-state index in [0.29, 0.717) is 19.0 Å². The minimum atomic E-state index is -0.0152. The fourth-order valence-electron chi connectivity index (χ4n) is 1.38. The standard InChI is InChI=1S/C13H22N6O/c1-5-7-14-13(16-10-12(20)18(2)3)15-9-11-6-8-17-19(11)4/h5-6,8H,1,7,9-10H2,2-4H3,(H2,14,15,16). The van der Waals surface area contributed by atoms with Gasteiger partial charge < -0.3 is 15.5 Å². The van der Waals surface area contributed by atoms with E-state index in [1.54, 1.807) is 31.1 Å². The van der Waals surface area contributed by atoms with Crippen molar-refractivity contribution in [1.82, 2.24) is 25.3 Å². The summed E-state index contributed by atoms with van der Waals surface area (Å²) in [5.74, 6) is 0.555. The number of amides is 1. The molecule has 0 saturated heterocycles. The molecule has 1 aromatic rings. The molecular formula is C13H22N6O. The third-order valence-electron chi connectivity index (χ3n) is 2.64. The molecule has 0 radical (unpaired) electrons. The summed E-state index contributed by atoms with van der Waals surface area (Å²) in [7, 11) is 5.30. The Kier molecular flexibility index (Phi) is 6.28. The molecule has 1 heterocycles. The number of aromatic nitrogens is 2. The van der Waals surface area contributed by atoms with Crippen molar-refractivity contribution in [3.8, 4) is 0 Å². The molecule has 7 nitrogen and oxygen atoms in total. The number of aliphatic imine (C=N–C) groups is 1. The van der Waals surface area contributed by atoms with Crippen molar-refractivity contribution >= 4 is 11.9 Å². The van der Waals surface area contributed by atoms with Gasteiger partial charge in [-0.2, -0.15) is 5.10 Å². The molecule has 2 N–H and O–H groups in total. The third kappa shape index (κ3) is 5.13. The van der Waals surface area contributed by atoms with Crippen LogP contribution in [0.5, 0.6) is 0 Å². The molecule has 1 amide bonds. The Labute approximate surface area is 119 Å². The van der Waals surface area contributed by atoms with Crippen LogP contribution in [-0.2, 0) is 18.4 Å². The normalized spacial score (nSPS) is 11.1. The van der Waals surface area contributed by atoms with Gasteiger partial charge in [0.05, 0.1) is 18.8 Å². The first-order valence-electron chi connectivity index (χ1n) is 6.34. The molecule has 0 saturated carbocycles. The summed E-state index contributed by atoms with van der Waals surface area (Å²) >= 11 is 0. The monoisotopic (exact) mass is 278 g/mol. The number of carbonyl (C=O) groups is 1. The van der Waals surface area contributed by atoms with Gasteiger partial charge in [0.2, 0.25) is 5.91 Å². The highest BCUT2D eigenvalue weighted by Crippen LogP contribution is 1.97. The first-order valence-corrected chi connectivity index (χ1v) is 6.34. The van der Waals surface area contributed by atoms with Crippen LogP contribution in [0.2, 0.25) is 0 Å². The van der Waals surface area contributed by atoms with E-state index in [-0.39, 0.29) is 12.5 Å². The molecule has 20 heavy (non-hydrogen) atoms. The maximum Gasteiger partial charge on any atom is 0.241 e. The molecule has 0 bridgehead atoms. The van der Waals surface area contributed by atoms with Crippen LogP contribution < -0.4 is 10.6 Å². The molecule has 0 aliphatic heterocycles. The highest BCUT2D eigenvalue weighted by atomic mass is 16.2. The predicted octanol–water partition coefficient (Wildman–Crippen LogP) is -0.270. The molecule has 0 aliphatic rings. The van der Waals surface area contributed by atoms with E-state index in [9.17, 15) is 4.79 Å². The third-order valence-corrected chi connectivity index (χ3v) is 2.64. The van der Waals surface area contributed by atoms with Gasteiger partial charge in [0.15, 0.2) is 5.96 Å². The largest absolute Gasteiger partial charge is 0.353 e. The molecule has 7 heteroatoms. The number of hydrogen-bond acceptors (Lipinski definition) is 3. The molecule has 0 unspecified atom stereocenters. The molecule has 110 valence electrons. The van der Waals surface area contributed by atoms with Gasteiger partial charge in [0.1, 0.15) is 0 Å². The summed E-state index contributed by atoms with van der Waals surface area (Å²) in [5, 5.41) is 10.1. The Morgan fingerprint density at radius 3 is 2.85 bits per heavy atom. The van der Waals surface area contributed by atoms with Crippen molar-refractivity contribution in [1.29, 1.82) is 0 Å². The Morgan fingerprint density at radius 2 is 2.30 bits per heavy atom. The summed E-state index contributed by atoms with van der Waals surface area (Å²) in [6.07, 6.45) is 3.46. The number of nitrogens with zero attached hydrogens (tertiary/aromatic N) is 4. The first-order chi connectivity index (χ1) is 9.54. The maximum atomic E-state index is 11.6. The van der Waals surface area contributed by atoms with Crippen molar-refractivity contribution < 1.29 is 4.79 Å². The molecular weight excluding hydrogens is 256 g/mol. The number of rotatable bonds is 6. The minimum Gasteiger partial charge on any atom is -0.353 e. The van der Waals surface area contributed by atoms with E-state index in [4.69, 9.17) is 0 Å². The lowest BCUT2D eigenvalue weighted by atomic mass is 10.4. The average Bonchev–Trinajstić information content (AvgIpc) is 2.83. The number of nitrogens with one attached hydrogen (secondary N) is 2. The number of guanidine groups is 1. The molecule has 1 aromatic heterocycles. The second-order valence-corrected chi connectivity index (χ2v) is 4.42. The Balaban J connectivity index is 2.60. The minimum absolute atomic E-state index is 0.0152. The quantitative estimate of drug-likeness (QED) is 0.427. The smallest absolute Gasteiger partial charge is 0.241 e. The lowest BCUT2D eigenvalue weighted by Crippen LogP contribution is -2.43. The van der Waals surface area contributed by atoms with E-state index in [1.807, 2.05) is 13.1 Å². The van der Waals surface area contributed by atoms with Crippen molar-refractivity contribution in [2.45, 2.75) is 6.54 Å². The first kappa shape index (κ1) is 15.7. The second-order valence-electron chi connectivity index (χ2n) is 4.42. The van der Waals surface area contributed by atoms with Gasteiger partial charge in [-0.05, 0) is 6.07 Å². The SMILES string of the molecule is C=CCNC(=NCc1ccnn1C)NCC(=O)N(C)C. The van der Waals surface area contributed by atoms with E-state index in [0.717, 1.165) is 5.69 Å². The maximum absolute atomic E-state index is 11.6. The van der Waals surface area contributed by atoms with E-state index >= 15 is 0 Å². The number of hydrogen-bond donors (Lipinski definition) is 2. The second kappa shape index (κ2) is 7.98.